The van der Waals surface area contributed by atoms with Crippen LogP contribution in [-0.2, 0) is 24.8 Å². The van der Waals surface area contributed by atoms with E-state index in [1.54, 1.807) is 0 Å². The Kier molecular flexibility index (Phi) is 2.97. The lowest BCUT2D eigenvalue weighted by Gasteiger charge is -2.34. The van der Waals surface area contributed by atoms with Gasteiger partial charge in [0.25, 0.3) is 11.5 Å². The third-order valence-corrected chi connectivity index (χ3v) is 2.88. The number of nitro benzene ring substituents is 1. The first-order chi connectivity index (χ1) is 8.83. The predicted molar refractivity (Wildman–Crippen MR) is 61.8 cm³/mol. The van der Waals surface area contributed by atoms with Crippen molar-refractivity contribution in [2.45, 2.75) is 19.6 Å². The molecule has 7 nitrogen and oxygen atoms in total. The Morgan fingerprint density at radius 1 is 1.26 bits per heavy atom. The second-order valence-electron chi connectivity index (χ2n) is 4.32. The SMILES string of the molecule is CC1C(=O)OC(C)(c2cccc([N+](=O)[O-])c2)OC1=O. The van der Waals surface area contributed by atoms with E-state index in [2.05, 4.69) is 0 Å². The quantitative estimate of drug-likeness (QED) is 0.348. The highest BCUT2D eigenvalue weighted by Gasteiger charge is 2.45. The summed E-state index contributed by atoms with van der Waals surface area (Å²) in [7, 11) is 0. The maximum absolute atomic E-state index is 11.6. The van der Waals surface area contributed by atoms with Crippen LogP contribution in [0.2, 0.25) is 0 Å². The molecule has 1 saturated heterocycles. The summed E-state index contributed by atoms with van der Waals surface area (Å²) in [5.74, 6) is -4.06. The lowest BCUT2D eigenvalue weighted by atomic mass is 10.0. The Bertz CT molecular complexity index is 549. The zero-order valence-electron chi connectivity index (χ0n) is 10.3. The van der Waals surface area contributed by atoms with Crippen LogP contribution in [0.5, 0.6) is 0 Å². The van der Waals surface area contributed by atoms with Crippen LogP contribution in [0.15, 0.2) is 24.3 Å². The summed E-state index contributed by atoms with van der Waals surface area (Å²) in [6.07, 6.45) is 0. The fourth-order valence-electron chi connectivity index (χ4n) is 1.70. The van der Waals surface area contributed by atoms with Gasteiger partial charge in [0, 0.05) is 24.6 Å². The summed E-state index contributed by atoms with van der Waals surface area (Å²) < 4.78 is 10.1. The first kappa shape index (κ1) is 13.0. The molecule has 1 aliphatic rings. The van der Waals surface area contributed by atoms with Crippen LogP contribution in [0.3, 0.4) is 0 Å². The van der Waals surface area contributed by atoms with Gasteiger partial charge in [-0.3, -0.25) is 19.7 Å². The van der Waals surface area contributed by atoms with E-state index in [1.165, 1.54) is 38.1 Å². The number of nitrogens with zero attached hydrogens (tertiary/aromatic N) is 1. The molecule has 2 rings (SSSR count). The van der Waals surface area contributed by atoms with Crippen molar-refractivity contribution in [2.75, 3.05) is 0 Å². The molecule has 19 heavy (non-hydrogen) atoms. The Balaban J connectivity index is 2.40. The van der Waals surface area contributed by atoms with Gasteiger partial charge in [-0.05, 0) is 6.92 Å². The molecule has 0 unspecified atom stereocenters. The first-order valence-electron chi connectivity index (χ1n) is 5.54. The molecule has 1 aromatic rings. The molecule has 0 radical (unpaired) electrons. The number of cyclic esters (lactones) is 2. The second kappa shape index (κ2) is 4.34. The van der Waals surface area contributed by atoms with E-state index in [0.29, 0.717) is 0 Å². The minimum absolute atomic E-state index is 0.176. The van der Waals surface area contributed by atoms with E-state index >= 15 is 0 Å². The lowest BCUT2D eigenvalue weighted by Crippen LogP contribution is -2.45. The van der Waals surface area contributed by atoms with E-state index < -0.39 is 28.6 Å². The molecule has 0 saturated carbocycles. The van der Waals surface area contributed by atoms with Crippen LogP contribution in [-0.4, -0.2) is 16.9 Å². The molecule has 100 valence electrons. The Morgan fingerprint density at radius 3 is 2.37 bits per heavy atom. The minimum Gasteiger partial charge on any atom is -0.418 e. The van der Waals surface area contributed by atoms with Crippen molar-refractivity contribution in [3.05, 3.63) is 39.9 Å². The molecule has 1 aromatic carbocycles. The largest absolute Gasteiger partial charge is 0.418 e. The van der Waals surface area contributed by atoms with Crippen LogP contribution >= 0.6 is 0 Å². The van der Waals surface area contributed by atoms with Gasteiger partial charge in [-0.15, -0.1) is 0 Å². The van der Waals surface area contributed by atoms with Crippen LogP contribution in [0, 0.1) is 16.0 Å². The smallest absolute Gasteiger partial charge is 0.323 e. The highest BCUT2D eigenvalue weighted by molar-refractivity contribution is 5.96. The fourth-order valence-corrected chi connectivity index (χ4v) is 1.70. The number of rotatable bonds is 2. The summed E-state index contributed by atoms with van der Waals surface area (Å²) in [6.45, 7) is 2.74. The summed E-state index contributed by atoms with van der Waals surface area (Å²) in [4.78, 5) is 33.2. The number of ether oxygens (including phenoxy) is 2. The van der Waals surface area contributed by atoms with Crippen molar-refractivity contribution in [2.24, 2.45) is 5.92 Å². The van der Waals surface area contributed by atoms with Crippen molar-refractivity contribution < 1.29 is 24.0 Å². The molecule has 0 aliphatic carbocycles. The molecule has 0 spiro atoms. The Hall–Kier alpha value is -2.44. The zero-order valence-corrected chi connectivity index (χ0v) is 10.3. The Morgan fingerprint density at radius 2 is 1.84 bits per heavy atom. The van der Waals surface area contributed by atoms with Crippen molar-refractivity contribution in [3.63, 3.8) is 0 Å². The normalized spacial score (nSPS) is 26.5. The number of hydrogen-bond donors (Lipinski definition) is 0. The average molecular weight is 265 g/mol. The third-order valence-electron chi connectivity index (χ3n) is 2.88. The summed E-state index contributed by atoms with van der Waals surface area (Å²) in [5.41, 5.74) is 0.0553. The van der Waals surface area contributed by atoms with Gasteiger partial charge >= 0.3 is 11.9 Å². The summed E-state index contributed by atoms with van der Waals surface area (Å²) in [6, 6.07) is 5.42. The molecule has 1 heterocycles. The zero-order chi connectivity index (χ0) is 14.2. The summed E-state index contributed by atoms with van der Waals surface area (Å²) in [5, 5.41) is 10.7. The highest BCUT2D eigenvalue weighted by Crippen LogP contribution is 2.34. The molecule has 1 aliphatic heterocycles. The van der Waals surface area contributed by atoms with Gasteiger partial charge < -0.3 is 9.47 Å². The number of benzene rings is 1. The maximum atomic E-state index is 11.6. The van der Waals surface area contributed by atoms with Crippen LogP contribution in [0.4, 0.5) is 5.69 Å². The Labute approximate surface area is 108 Å². The van der Waals surface area contributed by atoms with Crippen molar-refractivity contribution in [1.82, 2.24) is 0 Å². The minimum atomic E-state index is -1.63. The molecule has 7 heteroatoms. The van der Waals surface area contributed by atoms with Crippen molar-refractivity contribution >= 4 is 17.6 Å². The lowest BCUT2D eigenvalue weighted by molar-refractivity contribution is -0.385. The van der Waals surface area contributed by atoms with E-state index in [-0.39, 0.29) is 11.3 Å². The number of non-ortho nitro benzene ring substituents is 1. The number of hydrogen-bond acceptors (Lipinski definition) is 6. The molecule has 0 N–H and O–H groups in total. The average Bonchev–Trinajstić information content (AvgIpc) is 2.36. The van der Waals surface area contributed by atoms with Crippen molar-refractivity contribution in [1.29, 1.82) is 0 Å². The maximum Gasteiger partial charge on any atom is 0.323 e. The number of carbonyl (C=O) groups excluding carboxylic acids is 2. The molecular formula is C12H11NO6. The predicted octanol–water partition coefficient (Wildman–Crippen LogP) is 1.50. The molecule has 0 atom stereocenters. The highest BCUT2D eigenvalue weighted by atomic mass is 16.7. The number of carbonyl (C=O) groups is 2. The van der Waals surface area contributed by atoms with Crippen LogP contribution in [0.25, 0.3) is 0 Å². The molecule has 0 amide bonds. The van der Waals surface area contributed by atoms with Gasteiger partial charge in [0.05, 0.1) is 4.92 Å². The standard InChI is InChI=1S/C12H11NO6/c1-7-10(14)18-12(2,19-11(7)15)8-4-3-5-9(6-8)13(16)17/h3-7H,1-2H3. The topological polar surface area (TPSA) is 95.7 Å². The summed E-state index contributed by atoms with van der Waals surface area (Å²) >= 11 is 0. The fraction of sp³-hybridized carbons (Fsp3) is 0.333. The molecule has 1 fully saturated rings. The van der Waals surface area contributed by atoms with Gasteiger partial charge in [0.2, 0.25) is 0 Å². The third kappa shape index (κ3) is 2.26. The molecule has 0 aromatic heterocycles. The number of nitro groups is 1. The van der Waals surface area contributed by atoms with Gasteiger partial charge in [-0.2, -0.15) is 0 Å². The number of esters is 2. The van der Waals surface area contributed by atoms with E-state index in [0.717, 1.165) is 0 Å². The van der Waals surface area contributed by atoms with Gasteiger partial charge in [-0.25, -0.2) is 0 Å². The van der Waals surface area contributed by atoms with Gasteiger partial charge in [-0.1, -0.05) is 12.1 Å². The van der Waals surface area contributed by atoms with Crippen LogP contribution in [0.1, 0.15) is 19.4 Å². The van der Waals surface area contributed by atoms with Gasteiger partial charge in [0.1, 0.15) is 0 Å². The van der Waals surface area contributed by atoms with E-state index in [1.807, 2.05) is 0 Å². The van der Waals surface area contributed by atoms with Gasteiger partial charge in [0.15, 0.2) is 5.92 Å². The molecular weight excluding hydrogens is 254 g/mol. The molecule has 0 bridgehead atoms. The monoisotopic (exact) mass is 265 g/mol. The van der Waals surface area contributed by atoms with Crippen LogP contribution < -0.4 is 0 Å². The second-order valence-corrected chi connectivity index (χ2v) is 4.32. The van der Waals surface area contributed by atoms with Crippen molar-refractivity contribution in [3.8, 4) is 0 Å². The first-order valence-corrected chi connectivity index (χ1v) is 5.54. The van der Waals surface area contributed by atoms with E-state index in [4.69, 9.17) is 9.47 Å². The van der Waals surface area contributed by atoms with E-state index in [9.17, 15) is 19.7 Å².